The van der Waals surface area contributed by atoms with E-state index in [9.17, 15) is 36.0 Å². The van der Waals surface area contributed by atoms with Crippen molar-refractivity contribution in [3.05, 3.63) is 98.6 Å². The molecule has 0 aliphatic heterocycles. The van der Waals surface area contributed by atoms with Crippen LogP contribution in [0.15, 0.2) is 64.3 Å². The highest BCUT2D eigenvalue weighted by molar-refractivity contribution is 7.90. The number of sulfone groups is 1. The summed E-state index contributed by atoms with van der Waals surface area (Å²) in [6, 6.07) is 14.6. The van der Waals surface area contributed by atoms with E-state index in [0.29, 0.717) is 22.4 Å². The van der Waals surface area contributed by atoms with Crippen molar-refractivity contribution in [2.24, 2.45) is 0 Å². The van der Waals surface area contributed by atoms with Crippen LogP contribution in [-0.2, 0) is 29.0 Å². The van der Waals surface area contributed by atoms with E-state index < -0.39 is 45.1 Å². The zero-order valence-electron chi connectivity index (χ0n) is 22.6. The fourth-order valence-corrected chi connectivity index (χ4v) is 6.10. The normalized spacial score (nSPS) is 12.1. The van der Waals surface area contributed by atoms with Gasteiger partial charge in [0.2, 0.25) is 0 Å². The summed E-state index contributed by atoms with van der Waals surface area (Å²) in [4.78, 5) is 14.2. The van der Waals surface area contributed by atoms with Crippen LogP contribution in [0.1, 0.15) is 54.5 Å². The molecule has 0 atom stereocenters. The van der Waals surface area contributed by atoms with E-state index in [1.807, 2.05) is 26.8 Å². The van der Waals surface area contributed by atoms with Gasteiger partial charge < -0.3 is 4.57 Å². The molecule has 4 aromatic rings. The van der Waals surface area contributed by atoms with Crippen molar-refractivity contribution in [1.29, 1.82) is 5.26 Å². The summed E-state index contributed by atoms with van der Waals surface area (Å²) in [5, 5.41) is 9.47. The molecule has 0 unspecified atom stereocenters. The van der Waals surface area contributed by atoms with E-state index in [1.165, 1.54) is 30.3 Å². The molecule has 0 amide bonds. The molecule has 0 aliphatic carbocycles. The number of nitriles is 1. The maximum absolute atomic E-state index is 14.9. The molecule has 0 saturated carbocycles. The minimum Gasteiger partial charge on any atom is -0.302 e. The Morgan fingerprint density at radius 3 is 2.27 bits per heavy atom. The van der Waals surface area contributed by atoms with Crippen molar-refractivity contribution in [2.75, 3.05) is 6.26 Å². The molecule has 0 bridgehead atoms. The first-order valence-corrected chi connectivity index (χ1v) is 15.3. The van der Waals surface area contributed by atoms with Crippen LogP contribution in [0.5, 0.6) is 0 Å². The second kappa shape index (κ2) is 11.3. The fraction of sp³-hybridized carbons (Fsp3) is 0.267. The van der Waals surface area contributed by atoms with Crippen molar-refractivity contribution in [2.45, 2.75) is 50.7 Å². The molecule has 0 spiro atoms. The van der Waals surface area contributed by atoms with E-state index in [1.54, 1.807) is 18.2 Å². The Bertz CT molecular complexity index is 1850. The molecule has 11 heteroatoms. The maximum Gasteiger partial charge on any atom is 0.417 e. The molecule has 2 heterocycles. The van der Waals surface area contributed by atoms with Gasteiger partial charge in [-0.1, -0.05) is 32.9 Å². The number of thiophene rings is 1. The van der Waals surface area contributed by atoms with Gasteiger partial charge in [0.15, 0.2) is 9.84 Å². The summed E-state index contributed by atoms with van der Waals surface area (Å²) in [5.41, 5.74) is -1.68. The summed E-state index contributed by atoms with van der Waals surface area (Å²) < 4.78 is 82.4. The van der Waals surface area contributed by atoms with Crippen molar-refractivity contribution in [3.8, 4) is 27.1 Å². The lowest BCUT2D eigenvalue weighted by molar-refractivity contribution is -0.137. The summed E-state index contributed by atoms with van der Waals surface area (Å²) in [6.07, 6.45) is -3.32. The lowest BCUT2D eigenvalue weighted by Crippen LogP contribution is -2.28. The number of alkyl halides is 3. The lowest BCUT2D eigenvalue weighted by Gasteiger charge is -2.17. The second-order valence-electron chi connectivity index (χ2n) is 9.98. The summed E-state index contributed by atoms with van der Waals surface area (Å²) >= 11 is 1.06. The van der Waals surface area contributed by atoms with Crippen molar-refractivity contribution >= 4 is 21.2 Å². The molecule has 0 radical (unpaired) electrons. The molecular formula is C30H26F4N2O3S2. The van der Waals surface area contributed by atoms with Gasteiger partial charge in [0.25, 0.3) is 5.56 Å². The number of benzene rings is 2. The van der Waals surface area contributed by atoms with E-state index in [2.05, 4.69) is 0 Å². The van der Waals surface area contributed by atoms with Crippen LogP contribution in [0.25, 0.3) is 21.0 Å². The average molecular weight is 603 g/mol. The topological polar surface area (TPSA) is 79.9 Å². The number of halogens is 4. The van der Waals surface area contributed by atoms with Crippen LogP contribution in [-0.4, -0.2) is 19.2 Å². The van der Waals surface area contributed by atoms with Crippen LogP contribution in [0.4, 0.5) is 17.6 Å². The number of aryl methyl sites for hydroxylation is 1. The number of nitrogens with zero attached hydrogens (tertiary/aromatic N) is 2. The number of rotatable bonds is 7. The van der Waals surface area contributed by atoms with Gasteiger partial charge in [-0.15, -0.1) is 11.3 Å². The monoisotopic (exact) mass is 602 g/mol. The predicted octanol–water partition coefficient (Wildman–Crippen LogP) is 7.41. The standard InChI is InChI=1S/C30H26F4N2O3S2/c1-5-18-6-7-19(25(31)10-18)16-36-26(14-24(30(32,33)34)23(15-35)29(36)37)28-9-8-27(40-28)21-11-20(17(2)3)12-22(13-21)41(4,38)39/h6-14,17H,5,16H2,1-4H3. The Hall–Kier alpha value is -3.75. The minimum absolute atomic E-state index is 0.00178. The van der Waals surface area contributed by atoms with Crippen molar-refractivity contribution in [1.82, 2.24) is 4.57 Å². The molecule has 0 saturated heterocycles. The van der Waals surface area contributed by atoms with Crippen LogP contribution in [0.3, 0.4) is 0 Å². The average Bonchev–Trinajstić information content (AvgIpc) is 3.39. The third-order valence-corrected chi connectivity index (χ3v) is 8.99. The highest BCUT2D eigenvalue weighted by Crippen LogP contribution is 2.39. The summed E-state index contributed by atoms with van der Waals surface area (Å²) in [6.45, 7) is 5.26. The number of aromatic nitrogens is 1. The molecule has 5 nitrogen and oxygen atoms in total. The Balaban J connectivity index is 1.95. The fourth-order valence-electron chi connectivity index (χ4n) is 4.39. The molecule has 0 aliphatic rings. The third-order valence-electron chi connectivity index (χ3n) is 6.74. The predicted molar refractivity (Wildman–Crippen MR) is 151 cm³/mol. The van der Waals surface area contributed by atoms with Gasteiger partial charge in [0.05, 0.1) is 27.6 Å². The van der Waals surface area contributed by atoms with Gasteiger partial charge in [0, 0.05) is 16.7 Å². The Labute approximate surface area is 239 Å². The van der Waals surface area contributed by atoms with E-state index >= 15 is 0 Å². The van der Waals surface area contributed by atoms with E-state index in [0.717, 1.165) is 33.8 Å². The van der Waals surface area contributed by atoms with Crippen LogP contribution >= 0.6 is 11.3 Å². The Morgan fingerprint density at radius 1 is 1.02 bits per heavy atom. The van der Waals surface area contributed by atoms with Gasteiger partial charge in [0.1, 0.15) is 17.4 Å². The SMILES string of the molecule is CCc1ccc(Cn2c(-c3ccc(-c4cc(C(C)C)cc(S(C)(=O)=O)c4)s3)cc(C(F)(F)F)c(C#N)c2=O)c(F)c1. The van der Waals surface area contributed by atoms with Crippen LogP contribution in [0, 0.1) is 17.1 Å². The molecular weight excluding hydrogens is 576 g/mol. The first-order valence-electron chi connectivity index (χ1n) is 12.6. The number of pyridine rings is 1. The smallest absolute Gasteiger partial charge is 0.302 e. The van der Waals surface area contributed by atoms with Crippen molar-refractivity contribution < 1.29 is 26.0 Å². The molecule has 214 valence electrons. The molecule has 4 rings (SSSR count). The zero-order valence-corrected chi connectivity index (χ0v) is 24.3. The van der Waals surface area contributed by atoms with Gasteiger partial charge in [-0.3, -0.25) is 4.79 Å². The number of hydrogen-bond acceptors (Lipinski definition) is 5. The highest BCUT2D eigenvalue weighted by Gasteiger charge is 2.37. The quantitative estimate of drug-likeness (QED) is 0.206. The number of hydrogen-bond donors (Lipinski definition) is 0. The van der Waals surface area contributed by atoms with Gasteiger partial charge in [-0.25, -0.2) is 12.8 Å². The molecule has 0 fully saturated rings. The van der Waals surface area contributed by atoms with E-state index in [4.69, 9.17) is 0 Å². The molecule has 2 aromatic heterocycles. The maximum atomic E-state index is 14.9. The van der Waals surface area contributed by atoms with Gasteiger partial charge in [-0.05, 0) is 71.5 Å². The first kappa shape index (κ1) is 30.2. The summed E-state index contributed by atoms with van der Waals surface area (Å²) in [7, 11) is -3.55. The van der Waals surface area contributed by atoms with Crippen LogP contribution in [0.2, 0.25) is 0 Å². The molecule has 0 N–H and O–H groups in total. The van der Waals surface area contributed by atoms with Gasteiger partial charge in [-0.2, -0.15) is 18.4 Å². The first-order chi connectivity index (χ1) is 19.1. The molecule has 41 heavy (non-hydrogen) atoms. The largest absolute Gasteiger partial charge is 0.417 e. The third kappa shape index (κ3) is 6.29. The van der Waals surface area contributed by atoms with Gasteiger partial charge >= 0.3 is 6.18 Å². The lowest BCUT2D eigenvalue weighted by atomic mass is 10.0. The second-order valence-corrected chi connectivity index (χ2v) is 13.1. The van der Waals surface area contributed by atoms with Crippen LogP contribution < -0.4 is 5.56 Å². The van der Waals surface area contributed by atoms with E-state index in [-0.39, 0.29) is 26.9 Å². The molecule has 2 aromatic carbocycles. The minimum atomic E-state index is -4.98. The Morgan fingerprint density at radius 2 is 1.71 bits per heavy atom. The zero-order chi connectivity index (χ0) is 30.3. The van der Waals surface area contributed by atoms with Crippen molar-refractivity contribution in [3.63, 3.8) is 0 Å². The summed E-state index contributed by atoms with van der Waals surface area (Å²) in [5.74, 6) is -0.617. The highest BCUT2D eigenvalue weighted by atomic mass is 32.2. The Kier molecular flexibility index (Phi) is 8.30.